The van der Waals surface area contributed by atoms with E-state index in [9.17, 15) is 19.2 Å². The highest BCUT2D eigenvalue weighted by molar-refractivity contribution is 5.92. The van der Waals surface area contributed by atoms with Crippen LogP contribution in [0.1, 0.15) is 74.4 Å². The summed E-state index contributed by atoms with van der Waals surface area (Å²) in [5, 5.41) is 0. The number of primary amides is 1. The second-order valence-corrected chi connectivity index (χ2v) is 8.01. The molecule has 1 amide bonds. The van der Waals surface area contributed by atoms with E-state index in [0.29, 0.717) is 49.8 Å². The third-order valence-electron chi connectivity index (χ3n) is 5.19. The number of fused-ring (bicyclic) bond motifs is 1. The SMILES string of the molecule is CC.CCOC(=O)CCCC(=O)OCC.Cc1nc2c(c(=O)[nH]1)CC(COc1ccc(C(N)=O)cc1)C2. The fraction of sp³-hybridized carbons (Fsp3) is 0.519. The molecule has 0 fully saturated rings. The molecule has 0 spiro atoms. The molecule has 10 nitrogen and oxygen atoms in total. The minimum Gasteiger partial charge on any atom is -0.493 e. The van der Waals surface area contributed by atoms with Gasteiger partial charge >= 0.3 is 11.9 Å². The molecule has 0 bridgehead atoms. The zero-order valence-corrected chi connectivity index (χ0v) is 22.4. The van der Waals surface area contributed by atoms with E-state index in [1.165, 1.54) is 0 Å². The molecule has 1 aromatic heterocycles. The summed E-state index contributed by atoms with van der Waals surface area (Å²) in [5.41, 5.74) is 7.24. The predicted octanol–water partition coefficient (Wildman–Crippen LogP) is 3.28. The molecular weight excluding hydrogens is 478 g/mol. The number of hydrogen-bond donors (Lipinski definition) is 2. The lowest BCUT2D eigenvalue weighted by atomic mass is 10.1. The fourth-order valence-electron chi connectivity index (χ4n) is 3.57. The molecule has 0 radical (unpaired) electrons. The number of benzene rings is 1. The van der Waals surface area contributed by atoms with Crippen LogP contribution in [-0.2, 0) is 31.9 Å². The van der Waals surface area contributed by atoms with Gasteiger partial charge < -0.3 is 24.9 Å². The molecule has 2 aromatic rings. The lowest BCUT2D eigenvalue weighted by Crippen LogP contribution is -2.16. The largest absolute Gasteiger partial charge is 0.493 e. The van der Waals surface area contributed by atoms with Crippen molar-refractivity contribution in [3.05, 3.63) is 57.3 Å². The maximum atomic E-state index is 11.9. The van der Waals surface area contributed by atoms with Gasteiger partial charge in [0.05, 0.1) is 25.5 Å². The number of ether oxygens (including phenoxy) is 3. The minimum absolute atomic E-state index is 0.0455. The number of hydrogen-bond acceptors (Lipinski definition) is 8. The van der Waals surface area contributed by atoms with E-state index < -0.39 is 5.91 Å². The Morgan fingerprint density at radius 2 is 1.57 bits per heavy atom. The Bertz CT molecular complexity index is 1050. The van der Waals surface area contributed by atoms with Crippen LogP contribution < -0.4 is 16.0 Å². The summed E-state index contributed by atoms with van der Waals surface area (Å²) < 4.78 is 15.1. The van der Waals surface area contributed by atoms with Crippen LogP contribution in [0, 0.1) is 12.8 Å². The highest BCUT2D eigenvalue weighted by Gasteiger charge is 2.26. The van der Waals surface area contributed by atoms with Crippen molar-refractivity contribution in [1.29, 1.82) is 0 Å². The zero-order valence-electron chi connectivity index (χ0n) is 22.4. The summed E-state index contributed by atoms with van der Waals surface area (Å²) >= 11 is 0. The number of rotatable bonds is 10. The van der Waals surface area contributed by atoms with Crippen molar-refractivity contribution in [3.8, 4) is 5.75 Å². The van der Waals surface area contributed by atoms with Gasteiger partial charge in [-0.15, -0.1) is 0 Å². The first-order valence-electron chi connectivity index (χ1n) is 12.7. The maximum Gasteiger partial charge on any atom is 0.305 e. The molecule has 0 aliphatic heterocycles. The molecule has 1 aromatic carbocycles. The lowest BCUT2D eigenvalue weighted by Gasteiger charge is -2.11. The number of esters is 2. The number of carbonyl (C=O) groups excluding carboxylic acids is 3. The molecule has 1 atom stereocenters. The normalized spacial score (nSPS) is 13.2. The van der Waals surface area contributed by atoms with Crippen molar-refractivity contribution in [2.75, 3.05) is 19.8 Å². The van der Waals surface area contributed by atoms with Crippen LogP contribution in [0.3, 0.4) is 0 Å². The molecule has 10 heteroatoms. The van der Waals surface area contributed by atoms with Crippen molar-refractivity contribution < 1.29 is 28.6 Å². The molecule has 1 aliphatic rings. The van der Waals surface area contributed by atoms with Crippen LogP contribution in [0.5, 0.6) is 5.75 Å². The number of amides is 1. The van der Waals surface area contributed by atoms with Gasteiger partial charge in [0.15, 0.2) is 0 Å². The van der Waals surface area contributed by atoms with Crippen molar-refractivity contribution in [2.45, 2.75) is 66.7 Å². The van der Waals surface area contributed by atoms with Gasteiger partial charge in [0.2, 0.25) is 5.91 Å². The van der Waals surface area contributed by atoms with Gasteiger partial charge in [0, 0.05) is 29.9 Å². The summed E-state index contributed by atoms with van der Waals surface area (Å²) in [7, 11) is 0. The number of nitrogens with zero attached hydrogens (tertiary/aromatic N) is 1. The molecule has 1 heterocycles. The third kappa shape index (κ3) is 11.3. The van der Waals surface area contributed by atoms with Crippen molar-refractivity contribution in [3.63, 3.8) is 0 Å². The van der Waals surface area contributed by atoms with E-state index in [-0.39, 0.29) is 36.3 Å². The van der Waals surface area contributed by atoms with Gasteiger partial charge in [-0.3, -0.25) is 19.2 Å². The Morgan fingerprint density at radius 3 is 2.08 bits per heavy atom. The van der Waals surface area contributed by atoms with E-state index in [1.807, 2.05) is 13.8 Å². The summed E-state index contributed by atoms with van der Waals surface area (Å²) in [4.78, 5) is 51.6. The van der Waals surface area contributed by atoms with E-state index in [4.69, 9.17) is 19.9 Å². The Kier molecular flexibility index (Phi) is 14.3. The number of carbonyl (C=O) groups is 3. The van der Waals surface area contributed by atoms with Crippen molar-refractivity contribution in [2.24, 2.45) is 11.7 Å². The minimum atomic E-state index is -0.460. The van der Waals surface area contributed by atoms with E-state index in [2.05, 4.69) is 9.97 Å². The fourth-order valence-corrected chi connectivity index (χ4v) is 3.57. The first-order chi connectivity index (χ1) is 17.7. The second-order valence-electron chi connectivity index (χ2n) is 8.01. The molecule has 3 rings (SSSR count). The molecule has 37 heavy (non-hydrogen) atoms. The Morgan fingerprint density at radius 1 is 1.00 bits per heavy atom. The Labute approximate surface area is 217 Å². The van der Waals surface area contributed by atoms with Gasteiger partial charge in [-0.1, -0.05) is 13.8 Å². The van der Waals surface area contributed by atoms with Gasteiger partial charge in [-0.05, 0) is 64.3 Å². The van der Waals surface area contributed by atoms with Crippen LogP contribution >= 0.6 is 0 Å². The van der Waals surface area contributed by atoms with Crippen LogP contribution in [0.15, 0.2) is 29.1 Å². The molecular formula is C27H39N3O7. The summed E-state index contributed by atoms with van der Waals surface area (Å²) in [5.74, 6) is 0.588. The lowest BCUT2D eigenvalue weighted by molar-refractivity contribution is -0.144. The number of aromatic nitrogens is 2. The number of nitrogens with one attached hydrogen (secondary N) is 1. The quantitative estimate of drug-likeness (QED) is 0.456. The second kappa shape index (κ2) is 16.9. The standard InChI is InChI=1S/C16H17N3O3.C9H16O4.C2H6/c1-9-18-14-7-10(6-13(14)16(21)19-9)8-22-12-4-2-11(3-5-12)15(17)20;1-3-12-8(10)6-5-7-9(11)13-4-2;1-2/h2-5,10H,6-8H2,1H3,(H2,17,20)(H,18,19,21);3-7H2,1-2H3;1-2H3. The molecule has 0 saturated carbocycles. The number of aryl methyl sites for hydroxylation is 1. The van der Waals surface area contributed by atoms with Crippen LogP contribution in [0.25, 0.3) is 0 Å². The number of H-pyrrole nitrogens is 1. The van der Waals surface area contributed by atoms with Crippen molar-refractivity contribution in [1.82, 2.24) is 9.97 Å². The van der Waals surface area contributed by atoms with Gasteiger partial charge in [0.25, 0.3) is 5.56 Å². The van der Waals surface area contributed by atoms with Gasteiger partial charge in [0.1, 0.15) is 11.6 Å². The number of aromatic amines is 1. The Hall–Kier alpha value is -3.69. The molecule has 1 aliphatic carbocycles. The van der Waals surface area contributed by atoms with E-state index in [1.54, 1.807) is 45.0 Å². The van der Waals surface area contributed by atoms with Crippen LogP contribution in [0.4, 0.5) is 0 Å². The summed E-state index contributed by atoms with van der Waals surface area (Å²) in [6.07, 6.45) is 2.49. The average molecular weight is 518 g/mol. The first-order valence-corrected chi connectivity index (χ1v) is 12.7. The Balaban J connectivity index is 0.000000394. The first kappa shape index (κ1) is 31.3. The molecule has 1 unspecified atom stereocenters. The molecule has 0 saturated heterocycles. The van der Waals surface area contributed by atoms with Gasteiger partial charge in [-0.2, -0.15) is 0 Å². The summed E-state index contributed by atoms with van der Waals surface area (Å²) in [6, 6.07) is 6.71. The topological polar surface area (TPSA) is 151 Å². The average Bonchev–Trinajstić information content (AvgIpc) is 3.28. The maximum absolute atomic E-state index is 11.9. The highest BCUT2D eigenvalue weighted by atomic mass is 16.5. The highest BCUT2D eigenvalue weighted by Crippen LogP contribution is 2.23. The monoisotopic (exact) mass is 517 g/mol. The van der Waals surface area contributed by atoms with Crippen LogP contribution in [-0.4, -0.2) is 47.6 Å². The predicted molar refractivity (Wildman–Crippen MR) is 139 cm³/mol. The summed E-state index contributed by atoms with van der Waals surface area (Å²) in [6.45, 7) is 10.6. The smallest absolute Gasteiger partial charge is 0.305 e. The number of nitrogens with two attached hydrogens (primary N) is 1. The molecule has 204 valence electrons. The van der Waals surface area contributed by atoms with Crippen molar-refractivity contribution >= 4 is 17.8 Å². The third-order valence-corrected chi connectivity index (χ3v) is 5.19. The van der Waals surface area contributed by atoms with Crippen LogP contribution in [0.2, 0.25) is 0 Å². The van der Waals surface area contributed by atoms with E-state index >= 15 is 0 Å². The van der Waals surface area contributed by atoms with E-state index in [0.717, 1.165) is 17.7 Å². The van der Waals surface area contributed by atoms with Gasteiger partial charge in [-0.25, -0.2) is 4.98 Å². The molecule has 3 N–H and O–H groups in total. The zero-order chi connectivity index (χ0) is 27.8.